The Hall–Kier alpha value is -3.63. The van der Waals surface area contributed by atoms with E-state index in [-0.39, 0.29) is 19.2 Å². The van der Waals surface area contributed by atoms with Crippen molar-refractivity contribution in [2.24, 2.45) is 0 Å². The molecule has 166 valence electrons. The van der Waals surface area contributed by atoms with Gasteiger partial charge < -0.3 is 14.6 Å². The van der Waals surface area contributed by atoms with Crippen molar-refractivity contribution in [3.8, 4) is 5.75 Å². The second-order valence-corrected chi connectivity index (χ2v) is 8.50. The fraction of sp³-hybridized carbons (Fsp3) is 0.207. The molecule has 1 aliphatic carbocycles. The number of hydrogen-bond acceptors (Lipinski definition) is 4. The summed E-state index contributed by atoms with van der Waals surface area (Å²) in [6.45, 7) is 0.204. The lowest BCUT2D eigenvalue weighted by molar-refractivity contribution is -0.144. The third kappa shape index (κ3) is 3.30. The van der Waals surface area contributed by atoms with Crippen molar-refractivity contribution in [1.29, 1.82) is 0 Å². The lowest BCUT2D eigenvalue weighted by Gasteiger charge is -2.26. The summed E-state index contributed by atoms with van der Waals surface area (Å²) in [5, 5.41) is 11.3. The highest BCUT2D eigenvalue weighted by Crippen LogP contribution is 2.69. The molecule has 4 heteroatoms. The zero-order valence-electron chi connectivity index (χ0n) is 18.5. The van der Waals surface area contributed by atoms with Gasteiger partial charge in [-0.1, -0.05) is 78.9 Å². The summed E-state index contributed by atoms with van der Waals surface area (Å²) < 4.78 is 11.0. The van der Waals surface area contributed by atoms with E-state index in [0.29, 0.717) is 12.2 Å². The molecule has 0 aromatic heterocycles. The van der Waals surface area contributed by atoms with Crippen LogP contribution in [0.2, 0.25) is 0 Å². The number of rotatable bonds is 7. The molecule has 0 aliphatic heterocycles. The largest absolute Gasteiger partial charge is 0.491 e. The normalized spacial score (nSPS) is 21.5. The van der Waals surface area contributed by atoms with E-state index in [1.165, 1.54) is 7.11 Å². The summed E-state index contributed by atoms with van der Waals surface area (Å²) in [6.07, 6.45) is 0.617. The maximum Gasteiger partial charge on any atom is 0.317 e. The van der Waals surface area contributed by atoms with E-state index in [1.54, 1.807) is 0 Å². The summed E-state index contributed by atoms with van der Waals surface area (Å²) in [5.41, 5.74) is 1.67. The zero-order chi connectivity index (χ0) is 22.9. The van der Waals surface area contributed by atoms with Crippen molar-refractivity contribution in [3.05, 3.63) is 114 Å². The number of fused-ring (bicyclic) bond motifs is 1. The molecule has 0 amide bonds. The van der Waals surface area contributed by atoms with Crippen LogP contribution in [0.5, 0.6) is 5.75 Å². The molecule has 0 bridgehead atoms. The van der Waals surface area contributed by atoms with Crippen LogP contribution in [-0.2, 0) is 20.4 Å². The lowest BCUT2D eigenvalue weighted by atomic mass is 9.76. The lowest BCUT2D eigenvalue weighted by Crippen LogP contribution is -2.32. The number of methoxy groups -OCH3 is 1. The Morgan fingerprint density at radius 3 is 2.15 bits per heavy atom. The van der Waals surface area contributed by atoms with E-state index in [1.807, 2.05) is 54.6 Å². The molecule has 2 atom stereocenters. The maximum absolute atomic E-state index is 13.5. The molecule has 0 radical (unpaired) electrons. The van der Waals surface area contributed by atoms with Gasteiger partial charge in [-0.05, 0) is 52.1 Å². The Kier molecular flexibility index (Phi) is 5.39. The molecule has 4 aromatic rings. The van der Waals surface area contributed by atoms with Gasteiger partial charge in [0, 0.05) is 5.41 Å². The average molecular weight is 439 g/mol. The van der Waals surface area contributed by atoms with Crippen LogP contribution in [0.25, 0.3) is 10.8 Å². The third-order valence-electron chi connectivity index (χ3n) is 6.88. The van der Waals surface area contributed by atoms with Gasteiger partial charge in [-0.2, -0.15) is 0 Å². The predicted molar refractivity (Wildman–Crippen MR) is 129 cm³/mol. The molecule has 4 nitrogen and oxygen atoms in total. The summed E-state index contributed by atoms with van der Waals surface area (Å²) in [4.78, 5) is 13.5. The fourth-order valence-corrected chi connectivity index (χ4v) is 5.28. The molecule has 0 heterocycles. The van der Waals surface area contributed by atoms with Crippen molar-refractivity contribution in [1.82, 2.24) is 0 Å². The Morgan fingerprint density at radius 2 is 1.45 bits per heavy atom. The third-order valence-corrected chi connectivity index (χ3v) is 6.88. The van der Waals surface area contributed by atoms with Crippen LogP contribution >= 0.6 is 0 Å². The number of aliphatic hydroxyl groups excluding tert-OH is 1. The summed E-state index contributed by atoms with van der Waals surface area (Å²) >= 11 is 0. The average Bonchev–Trinajstić information content (AvgIpc) is 3.60. The molecule has 0 spiro atoms. The molecule has 1 saturated carbocycles. The SMILES string of the molecule is COC(=O)[C@@]1(c2ccc3ccccc3c2)C[C@@]1(c1ccccc1)c1ccc(OCCO)cc1. The quantitative estimate of drug-likeness (QED) is 0.412. The van der Waals surface area contributed by atoms with Gasteiger partial charge in [0.05, 0.1) is 13.7 Å². The number of carbonyl (C=O) groups excluding carboxylic acids is 1. The smallest absolute Gasteiger partial charge is 0.317 e. The van der Waals surface area contributed by atoms with E-state index in [2.05, 4.69) is 42.5 Å². The Bertz CT molecular complexity index is 1280. The van der Waals surface area contributed by atoms with Crippen molar-refractivity contribution in [2.75, 3.05) is 20.3 Å². The minimum atomic E-state index is -0.833. The van der Waals surface area contributed by atoms with Crippen LogP contribution in [0.3, 0.4) is 0 Å². The van der Waals surface area contributed by atoms with Gasteiger partial charge in [-0.15, -0.1) is 0 Å². The summed E-state index contributed by atoms with van der Waals surface area (Å²) in [7, 11) is 1.46. The summed E-state index contributed by atoms with van der Waals surface area (Å²) in [6, 6.07) is 32.5. The van der Waals surface area contributed by atoms with E-state index < -0.39 is 10.8 Å². The number of carbonyl (C=O) groups is 1. The first-order chi connectivity index (χ1) is 16.2. The highest BCUT2D eigenvalue weighted by Gasteiger charge is 2.75. The minimum Gasteiger partial charge on any atom is -0.491 e. The van der Waals surface area contributed by atoms with Crippen molar-refractivity contribution < 1.29 is 19.4 Å². The fourth-order valence-electron chi connectivity index (χ4n) is 5.28. The molecular formula is C29H26O4. The molecule has 1 aliphatic rings. The van der Waals surface area contributed by atoms with Crippen LogP contribution < -0.4 is 4.74 Å². The molecule has 1 fully saturated rings. The van der Waals surface area contributed by atoms with Crippen molar-refractivity contribution >= 4 is 16.7 Å². The Labute approximate surface area is 193 Å². The van der Waals surface area contributed by atoms with E-state index in [9.17, 15) is 4.79 Å². The van der Waals surface area contributed by atoms with Crippen molar-refractivity contribution in [2.45, 2.75) is 17.3 Å². The van der Waals surface area contributed by atoms with E-state index in [0.717, 1.165) is 27.5 Å². The van der Waals surface area contributed by atoms with Gasteiger partial charge in [0.15, 0.2) is 0 Å². The molecule has 33 heavy (non-hydrogen) atoms. The highest BCUT2D eigenvalue weighted by atomic mass is 16.5. The van der Waals surface area contributed by atoms with Crippen LogP contribution in [0, 0.1) is 0 Å². The first kappa shape index (κ1) is 21.2. The minimum absolute atomic E-state index is 0.0386. The Balaban J connectivity index is 1.69. The van der Waals surface area contributed by atoms with Crippen molar-refractivity contribution in [3.63, 3.8) is 0 Å². The molecule has 0 unspecified atom stereocenters. The zero-order valence-corrected chi connectivity index (χ0v) is 18.5. The van der Waals surface area contributed by atoms with Gasteiger partial charge in [0.2, 0.25) is 0 Å². The van der Waals surface area contributed by atoms with Crippen LogP contribution in [0.15, 0.2) is 97.1 Å². The van der Waals surface area contributed by atoms with E-state index >= 15 is 0 Å². The second-order valence-electron chi connectivity index (χ2n) is 8.50. The number of benzene rings is 4. The first-order valence-electron chi connectivity index (χ1n) is 11.1. The van der Waals surface area contributed by atoms with Gasteiger partial charge in [0.1, 0.15) is 17.8 Å². The molecular weight excluding hydrogens is 412 g/mol. The van der Waals surface area contributed by atoms with Crippen LogP contribution in [0.1, 0.15) is 23.1 Å². The van der Waals surface area contributed by atoms with Gasteiger partial charge in [-0.3, -0.25) is 4.79 Å². The van der Waals surface area contributed by atoms with Crippen LogP contribution in [-0.4, -0.2) is 31.4 Å². The summed E-state index contributed by atoms with van der Waals surface area (Å²) in [5.74, 6) is 0.452. The maximum atomic E-state index is 13.5. The molecule has 1 N–H and O–H groups in total. The topological polar surface area (TPSA) is 55.8 Å². The molecule has 0 saturated heterocycles. The molecule has 4 aromatic carbocycles. The first-order valence-corrected chi connectivity index (χ1v) is 11.1. The second kappa shape index (κ2) is 8.38. The number of aliphatic hydroxyl groups is 1. The predicted octanol–water partition coefficient (Wildman–Crippen LogP) is 5.01. The van der Waals surface area contributed by atoms with Gasteiger partial charge in [-0.25, -0.2) is 0 Å². The number of hydrogen-bond donors (Lipinski definition) is 1. The monoisotopic (exact) mass is 438 g/mol. The molecule has 5 rings (SSSR count). The highest BCUT2D eigenvalue weighted by molar-refractivity contribution is 5.95. The number of ether oxygens (including phenoxy) is 2. The number of esters is 1. The van der Waals surface area contributed by atoms with Gasteiger partial charge >= 0.3 is 5.97 Å². The van der Waals surface area contributed by atoms with Gasteiger partial charge in [0.25, 0.3) is 0 Å². The van der Waals surface area contributed by atoms with E-state index in [4.69, 9.17) is 14.6 Å². The van der Waals surface area contributed by atoms with Crippen LogP contribution in [0.4, 0.5) is 0 Å². The standard InChI is InChI=1S/C29H26O4/c1-32-27(31)29(25-12-11-21-7-5-6-8-22(21)19-25)20-28(29,23-9-3-2-4-10-23)24-13-15-26(16-14-24)33-18-17-30/h2-16,19,30H,17-18,20H2,1H3/t28-,29+/m1/s1. The Morgan fingerprint density at radius 1 is 0.818 bits per heavy atom.